The molecule has 2 N–H and O–H groups in total. The summed E-state index contributed by atoms with van der Waals surface area (Å²) in [7, 11) is 0. The van der Waals surface area contributed by atoms with E-state index in [4.69, 9.17) is 5.11 Å². The predicted octanol–water partition coefficient (Wildman–Crippen LogP) is 3.77. The number of aliphatic hydroxyl groups is 1. The van der Waals surface area contributed by atoms with Crippen LogP contribution in [0.25, 0.3) is 0 Å². The summed E-state index contributed by atoms with van der Waals surface area (Å²) in [5.41, 5.74) is 0. The van der Waals surface area contributed by atoms with Crippen LogP contribution in [0.3, 0.4) is 0 Å². The molecule has 0 aliphatic rings. The van der Waals surface area contributed by atoms with Gasteiger partial charge in [0.1, 0.15) is 6.10 Å². The normalized spacial score (nSPS) is 12.3. The third kappa shape index (κ3) is 13.3. The first kappa shape index (κ1) is 20.3. The summed E-state index contributed by atoms with van der Waals surface area (Å²) in [4.78, 5) is 10.5. The number of carboxylic acids is 1. The van der Waals surface area contributed by atoms with Gasteiger partial charge in [-0.25, -0.2) is 0 Å². The van der Waals surface area contributed by atoms with Gasteiger partial charge in [-0.2, -0.15) is 0 Å². The van der Waals surface area contributed by atoms with Crippen LogP contribution in [0.15, 0.2) is 12.7 Å². The van der Waals surface area contributed by atoms with E-state index in [1.807, 2.05) is 0 Å². The fraction of sp³-hybridized carbons (Fsp3) is 0.632. The number of aliphatic hydroxyl groups excluding tert-OH is 1. The van der Waals surface area contributed by atoms with Crippen LogP contribution in [0, 0.1) is 29.6 Å². The maximum absolute atomic E-state index is 10.5. The van der Waals surface area contributed by atoms with E-state index in [1.54, 1.807) is 0 Å². The van der Waals surface area contributed by atoms with Crippen molar-refractivity contribution in [1.29, 1.82) is 0 Å². The number of aliphatic carboxylic acids is 1. The second-order valence-corrected chi connectivity index (χ2v) is 5.40. The van der Waals surface area contributed by atoms with E-state index in [9.17, 15) is 9.90 Å². The van der Waals surface area contributed by atoms with Gasteiger partial charge >= 0.3 is 5.97 Å². The molecule has 0 aliphatic carbocycles. The van der Waals surface area contributed by atoms with Crippen LogP contribution in [0.4, 0.5) is 0 Å². The Morgan fingerprint density at radius 3 is 2.27 bits per heavy atom. The van der Waals surface area contributed by atoms with Crippen LogP contribution in [0.5, 0.6) is 0 Å². The van der Waals surface area contributed by atoms with Crippen molar-refractivity contribution in [1.82, 2.24) is 0 Å². The number of allylic oxidation sites excluding steroid dienone is 1. The van der Waals surface area contributed by atoms with Gasteiger partial charge in [-0.05, 0) is 24.7 Å². The van der Waals surface area contributed by atoms with Crippen LogP contribution < -0.4 is 0 Å². The van der Waals surface area contributed by atoms with E-state index in [0.29, 0.717) is 6.42 Å². The van der Waals surface area contributed by atoms with Gasteiger partial charge in [-0.15, -0.1) is 6.58 Å². The van der Waals surface area contributed by atoms with Gasteiger partial charge in [0.2, 0.25) is 0 Å². The zero-order valence-corrected chi connectivity index (χ0v) is 13.6. The van der Waals surface area contributed by atoms with E-state index in [2.05, 4.69) is 37.2 Å². The second kappa shape index (κ2) is 14.2. The Morgan fingerprint density at radius 1 is 1.09 bits per heavy atom. The maximum atomic E-state index is 10.5. The van der Waals surface area contributed by atoms with Crippen molar-refractivity contribution >= 4 is 5.97 Å². The van der Waals surface area contributed by atoms with Gasteiger partial charge in [0.25, 0.3) is 0 Å². The summed E-state index contributed by atoms with van der Waals surface area (Å²) in [5, 5.41) is 18.4. The van der Waals surface area contributed by atoms with Crippen molar-refractivity contribution in [2.45, 2.75) is 70.8 Å². The molecule has 0 radical (unpaired) electrons. The van der Waals surface area contributed by atoms with Crippen LogP contribution in [0.1, 0.15) is 64.7 Å². The number of carbonyl (C=O) groups is 1. The SMILES string of the molecule is C=C[C@@H](C#CC#C[C@H](O)CCCCCCCCC)CC(=O)O. The number of rotatable bonds is 11. The average Bonchev–Trinajstić information content (AvgIpc) is 2.49. The summed E-state index contributed by atoms with van der Waals surface area (Å²) >= 11 is 0. The minimum absolute atomic E-state index is 0.0707. The quantitative estimate of drug-likeness (QED) is 0.347. The minimum atomic E-state index is -0.911. The lowest BCUT2D eigenvalue weighted by Crippen LogP contribution is -2.03. The highest BCUT2D eigenvalue weighted by Gasteiger charge is 2.04. The largest absolute Gasteiger partial charge is 0.481 e. The maximum Gasteiger partial charge on any atom is 0.304 e. The lowest BCUT2D eigenvalue weighted by molar-refractivity contribution is -0.137. The molecule has 2 atom stereocenters. The van der Waals surface area contributed by atoms with Crippen LogP contribution in [-0.2, 0) is 4.79 Å². The molecule has 0 saturated carbocycles. The summed E-state index contributed by atoms with van der Waals surface area (Å²) in [6, 6.07) is 0. The molecule has 3 nitrogen and oxygen atoms in total. The Labute approximate surface area is 134 Å². The lowest BCUT2D eigenvalue weighted by atomic mass is 10.1. The first-order valence-electron chi connectivity index (χ1n) is 8.13. The average molecular weight is 304 g/mol. The highest BCUT2D eigenvalue weighted by atomic mass is 16.4. The molecule has 3 heteroatoms. The summed E-state index contributed by atoms with van der Waals surface area (Å²) < 4.78 is 0. The number of hydrogen-bond donors (Lipinski definition) is 2. The predicted molar refractivity (Wildman–Crippen MR) is 90.1 cm³/mol. The molecule has 0 rings (SSSR count). The van der Waals surface area contributed by atoms with Crippen molar-refractivity contribution in [3.8, 4) is 23.7 Å². The van der Waals surface area contributed by atoms with Gasteiger partial charge in [0.15, 0.2) is 0 Å². The Kier molecular flexibility index (Phi) is 13.1. The van der Waals surface area contributed by atoms with E-state index in [-0.39, 0.29) is 6.42 Å². The fourth-order valence-corrected chi connectivity index (χ4v) is 2.00. The minimum Gasteiger partial charge on any atom is -0.481 e. The van der Waals surface area contributed by atoms with Gasteiger partial charge in [0.05, 0.1) is 6.42 Å². The van der Waals surface area contributed by atoms with Gasteiger partial charge in [0, 0.05) is 5.92 Å². The first-order valence-corrected chi connectivity index (χ1v) is 8.13. The van der Waals surface area contributed by atoms with Crippen molar-refractivity contribution in [3.63, 3.8) is 0 Å². The highest BCUT2D eigenvalue weighted by Crippen LogP contribution is 2.09. The third-order valence-corrected chi connectivity index (χ3v) is 3.32. The van der Waals surface area contributed by atoms with Crippen molar-refractivity contribution in [3.05, 3.63) is 12.7 Å². The van der Waals surface area contributed by atoms with E-state index in [1.165, 1.54) is 38.2 Å². The zero-order chi connectivity index (χ0) is 16.6. The highest BCUT2D eigenvalue weighted by molar-refractivity contribution is 5.68. The van der Waals surface area contributed by atoms with E-state index < -0.39 is 18.0 Å². The van der Waals surface area contributed by atoms with Crippen LogP contribution >= 0.6 is 0 Å². The molecule has 122 valence electrons. The molecule has 0 spiro atoms. The standard InChI is InChI=1S/C19H28O3/c1-3-5-6-7-8-9-10-14-18(20)15-12-11-13-17(4-2)16-19(21)22/h4,17-18,20H,2-3,5-10,14,16H2,1H3,(H,21,22)/t17-,18+/m0/s1. The van der Waals surface area contributed by atoms with Crippen LogP contribution in [0.2, 0.25) is 0 Å². The molecule has 0 bridgehead atoms. The Balaban J connectivity index is 3.86. The monoisotopic (exact) mass is 304 g/mol. The molecule has 0 aromatic heterocycles. The second-order valence-electron chi connectivity index (χ2n) is 5.40. The summed E-state index contributed by atoms with van der Waals surface area (Å²) in [6.07, 6.45) is 9.91. The number of carboxylic acid groups (broad SMARTS) is 1. The number of unbranched alkanes of at least 4 members (excludes halogenated alkanes) is 6. The topological polar surface area (TPSA) is 57.5 Å². The molecular weight excluding hydrogens is 276 g/mol. The van der Waals surface area contributed by atoms with E-state index in [0.717, 1.165) is 12.8 Å². The van der Waals surface area contributed by atoms with E-state index >= 15 is 0 Å². The molecule has 0 aromatic rings. The molecular formula is C19H28O3. The van der Waals surface area contributed by atoms with Gasteiger partial charge in [-0.1, -0.05) is 63.4 Å². The van der Waals surface area contributed by atoms with Crippen molar-refractivity contribution in [2.24, 2.45) is 5.92 Å². The molecule has 0 aromatic carbocycles. The first-order chi connectivity index (χ1) is 10.6. The van der Waals surface area contributed by atoms with Gasteiger partial charge in [-0.3, -0.25) is 4.79 Å². The Morgan fingerprint density at radius 2 is 1.68 bits per heavy atom. The van der Waals surface area contributed by atoms with Crippen LogP contribution in [-0.4, -0.2) is 22.3 Å². The summed E-state index contributed by atoms with van der Waals surface area (Å²) in [5.74, 6) is 9.27. The molecule has 0 unspecified atom stereocenters. The Hall–Kier alpha value is -1.71. The zero-order valence-electron chi connectivity index (χ0n) is 13.6. The molecule has 0 saturated heterocycles. The molecule has 0 amide bonds. The molecule has 0 heterocycles. The van der Waals surface area contributed by atoms with Crippen molar-refractivity contribution in [2.75, 3.05) is 0 Å². The van der Waals surface area contributed by atoms with Crippen molar-refractivity contribution < 1.29 is 15.0 Å². The smallest absolute Gasteiger partial charge is 0.304 e. The third-order valence-electron chi connectivity index (χ3n) is 3.32. The lowest BCUT2D eigenvalue weighted by Gasteiger charge is -2.03. The molecule has 0 fully saturated rings. The van der Waals surface area contributed by atoms with Gasteiger partial charge < -0.3 is 10.2 Å². The fourth-order valence-electron chi connectivity index (χ4n) is 2.00. The molecule has 22 heavy (non-hydrogen) atoms. The molecule has 0 aliphatic heterocycles. The Bertz CT molecular complexity index is 431. The number of hydrogen-bond acceptors (Lipinski definition) is 2. The summed E-state index contributed by atoms with van der Waals surface area (Å²) in [6.45, 7) is 5.75.